The molecule has 0 heterocycles. The molecule has 0 aliphatic rings. The van der Waals surface area contributed by atoms with Crippen molar-refractivity contribution < 1.29 is 24.5 Å². The molecule has 2 rings (SSSR count). The van der Waals surface area contributed by atoms with Crippen molar-refractivity contribution in [2.45, 2.75) is 0 Å². The second kappa shape index (κ2) is 6.67. The Bertz CT molecular complexity index is 696. The van der Waals surface area contributed by atoms with Gasteiger partial charge in [0.1, 0.15) is 17.2 Å². The van der Waals surface area contributed by atoms with E-state index in [9.17, 15) is 15.0 Å². The van der Waals surface area contributed by atoms with E-state index in [-0.39, 0.29) is 11.3 Å². The first-order valence-corrected chi connectivity index (χ1v) is 6.51. The average Bonchev–Trinajstić information content (AvgIpc) is 2.51. The number of aromatic hydroxyl groups is 1. The van der Waals surface area contributed by atoms with Crippen molar-refractivity contribution in [3.63, 3.8) is 0 Å². The number of rotatable bonds is 5. The first-order chi connectivity index (χ1) is 10.5. The minimum Gasteiger partial charge on any atom is -0.508 e. The Labute approximate surface area is 128 Å². The lowest BCUT2D eigenvalue weighted by Crippen LogP contribution is -1.99. The highest BCUT2D eigenvalue weighted by Gasteiger charge is 2.12. The molecule has 0 bridgehead atoms. The predicted molar refractivity (Wildman–Crippen MR) is 83.2 cm³/mol. The summed E-state index contributed by atoms with van der Waals surface area (Å²) in [7, 11) is 3.05. The fourth-order valence-corrected chi connectivity index (χ4v) is 2.02. The summed E-state index contributed by atoms with van der Waals surface area (Å²) in [5, 5.41) is 18.9. The molecule has 5 heteroatoms. The number of carbonyl (C=O) groups is 1. The van der Waals surface area contributed by atoms with Gasteiger partial charge < -0.3 is 19.7 Å². The van der Waals surface area contributed by atoms with E-state index in [0.29, 0.717) is 22.6 Å². The zero-order chi connectivity index (χ0) is 16.1. The van der Waals surface area contributed by atoms with Gasteiger partial charge in [-0.1, -0.05) is 12.1 Å². The maximum atomic E-state index is 11.5. The predicted octanol–water partition coefficient (Wildman–Crippen LogP) is 3.03. The molecule has 0 saturated heterocycles. The first-order valence-electron chi connectivity index (χ1n) is 6.51. The number of methoxy groups -OCH3 is 2. The van der Waals surface area contributed by atoms with Crippen LogP contribution in [0.4, 0.5) is 0 Å². The number of carboxylic acids is 1. The number of benzene rings is 2. The minimum atomic E-state index is -1.09. The Morgan fingerprint density at radius 3 is 2.18 bits per heavy atom. The minimum absolute atomic E-state index is 0.00729. The van der Waals surface area contributed by atoms with Crippen LogP contribution in [0.25, 0.3) is 11.6 Å². The van der Waals surface area contributed by atoms with E-state index in [1.54, 1.807) is 30.3 Å². The smallest absolute Gasteiger partial charge is 0.336 e. The topological polar surface area (TPSA) is 76.0 Å². The van der Waals surface area contributed by atoms with Crippen molar-refractivity contribution in [2.75, 3.05) is 14.2 Å². The molecule has 0 radical (unpaired) electrons. The monoisotopic (exact) mass is 300 g/mol. The quantitative estimate of drug-likeness (QED) is 0.655. The molecule has 0 unspecified atom stereocenters. The van der Waals surface area contributed by atoms with Gasteiger partial charge in [-0.2, -0.15) is 0 Å². The van der Waals surface area contributed by atoms with E-state index in [1.807, 2.05) is 0 Å². The lowest BCUT2D eigenvalue weighted by atomic mass is 10.0. The summed E-state index contributed by atoms with van der Waals surface area (Å²) in [6, 6.07) is 11.2. The van der Waals surface area contributed by atoms with E-state index < -0.39 is 5.97 Å². The number of ether oxygens (including phenoxy) is 2. The van der Waals surface area contributed by atoms with Gasteiger partial charge in [-0.3, -0.25) is 0 Å². The summed E-state index contributed by atoms with van der Waals surface area (Å²) < 4.78 is 10.3. The molecule has 114 valence electrons. The molecule has 2 aromatic carbocycles. The summed E-state index contributed by atoms with van der Waals surface area (Å²) in [5.41, 5.74) is 1.09. The SMILES string of the molecule is COc1cc(C=C(C(=O)O)c2cccc(O)c2)cc(OC)c1. The van der Waals surface area contributed by atoms with Crippen LogP contribution in [-0.2, 0) is 4.79 Å². The number of aliphatic carboxylic acids is 1. The molecule has 0 aliphatic carbocycles. The van der Waals surface area contributed by atoms with Crippen LogP contribution in [0.3, 0.4) is 0 Å². The highest BCUT2D eigenvalue weighted by Crippen LogP contribution is 2.27. The van der Waals surface area contributed by atoms with Gasteiger partial charge in [-0.25, -0.2) is 4.79 Å². The fraction of sp³-hybridized carbons (Fsp3) is 0.118. The Morgan fingerprint density at radius 1 is 1.05 bits per heavy atom. The first kappa shape index (κ1) is 15.4. The molecule has 0 spiro atoms. The molecule has 0 saturated carbocycles. The highest BCUT2D eigenvalue weighted by atomic mass is 16.5. The van der Waals surface area contributed by atoms with Crippen LogP contribution in [-0.4, -0.2) is 30.4 Å². The van der Waals surface area contributed by atoms with Gasteiger partial charge in [-0.15, -0.1) is 0 Å². The third kappa shape index (κ3) is 3.58. The van der Waals surface area contributed by atoms with E-state index >= 15 is 0 Å². The molecule has 0 aliphatic heterocycles. The lowest BCUT2D eigenvalue weighted by Gasteiger charge is -2.08. The maximum Gasteiger partial charge on any atom is 0.336 e. The summed E-state index contributed by atoms with van der Waals surface area (Å²) in [5.74, 6) is 0.0396. The van der Waals surface area contributed by atoms with Crippen molar-refractivity contribution in [3.8, 4) is 17.2 Å². The van der Waals surface area contributed by atoms with Crippen molar-refractivity contribution in [3.05, 3.63) is 53.6 Å². The van der Waals surface area contributed by atoms with Crippen LogP contribution >= 0.6 is 0 Å². The Kier molecular flexibility index (Phi) is 4.68. The lowest BCUT2D eigenvalue weighted by molar-refractivity contribution is -0.130. The second-order valence-electron chi connectivity index (χ2n) is 4.56. The molecule has 0 amide bonds. The van der Waals surface area contributed by atoms with Gasteiger partial charge in [0.2, 0.25) is 0 Å². The Balaban J connectivity index is 2.53. The second-order valence-corrected chi connectivity index (χ2v) is 4.56. The molecule has 0 aromatic heterocycles. The van der Waals surface area contributed by atoms with Crippen molar-refractivity contribution in [1.82, 2.24) is 0 Å². The normalized spacial score (nSPS) is 11.1. The van der Waals surface area contributed by atoms with Crippen LogP contribution in [0.5, 0.6) is 17.2 Å². The Morgan fingerprint density at radius 2 is 1.68 bits per heavy atom. The number of carboxylic acid groups (broad SMARTS) is 1. The maximum absolute atomic E-state index is 11.5. The standard InChI is InChI=1S/C17H16O5/c1-21-14-6-11(7-15(10-14)22-2)8-16(17(19)20)12-4-3-5-13(18)9-12/h3-10,18H,1-2H3,(H,19,20). The molecule has 22 heavy (non-hydrogen) atoms. The van der Waals surface area contributed by atoms with Crippen LogP contribution in [0.1, 0.15) is 11.1 Å². The third-order valence-corrected chi connectivity index (χ3v) is 3.07. The molecule has 2 aromatic rings. The summed E-state index contributed by atoms with van der Waals surface area (Å²) >= 11 is 0. The van der Waals surface area contributed by atoms with Crippen molar-refractivity contribution >= 4 is 17.6 Å². The molecule has 2 N–H and O–H groups in total. The van der Waals surface area contributed by atoms with Gasteiger partial charge in [0.05, 0.1) is 19.8 Å². The van der Waals surface area contributed by atoms with E-state index in [2.05, 4.69) is 0 Å². The van der Waals surface area contributed by atoms with Gasteiger partial charge >= 0.3 is 5.97 Å². The average molecular weight is 300 g/mol. The van der Waals surface area contributed by atoms with Crippen molar-refractivity contribution in [1.29, 1.82) is 0 Å². The van der Waals surface area contributed by atoms with Gasteiger partial charge in [-0.05, 0) is 41.5 Å². The van der Waals surface area contributed by atoms with Crippen LogP contribution in [0.2, 0.25) is 0 Å². The van der Waals surface area contributed by atoms with E-state index in [1.165, 1.54) is 32.4 Å². The molecular weight excluding hydrogens is 284 g/mol. The van der Waals surface area contributed by atoms with Gasteiger partial charge in [0, 0.05) is 6.07 Å². The van der Waals surface area contributed by atoms with Gasteiger partial charge in [0.25, 0.3) is 0 Å². The molecule has 0 atom stereocenters. The van der Waals surface area contributed by atoms with E-state index in [0.717, 1.165) is 0 Å². The molecule has 5 nitrogen and oxygen atoms in total. The van der Waals surface area contributed by atoms with Crippen LogP contribution in [0.15, 0.2) is 42.5 Å². The van der Waals surface area contributed by atoms with Gasteiger partial charge in [0.15, 0.2) is 0 Å². The fourth-order valence-electron chi connectivity index (χ4n) is 2.02. The van der Waals surface area contributed by atoms with Crippen molar-refractivity contribution in [2.24, 2.45) is 0 Å². The highest BCUT2D eigenvalue weighted by molar-refractivity contribution is 6.20. The number of hydrogen-bond acceptors (Lipinski definition) is 4. The largest absolute Gasteiger partial charge is 0.508 e. The summed E-state index contributed by atoms with van der Waals surface area (Å²) in [6.07, 6.45) is 1.50. The molecule has 0 fully saturated rings. The summed E-state index contributed by atoms with van der Waals surface area (Å²) in [4.78, 5) is 11.5. The molecular formula is C17H16O5. The number of phenols is 1. The van der Waals surface area contributed by atoms with Crippen LogP contribution < -0.4 is 9.47 Å². The number of phenolic OH excluding ortho intramolecular Hbond substituents is 1. The Hall–Kier alpha value is -2.95. The number of hydrogen-bond donors (Lipinski definition) is 2. The third-order valence-electron chi connectivity index (χ3n) is 3.07. The zero-order valence-electron chi connectivity index (χ0n) is 12.2. The van der Waals surface area contributed by atoms with E-state index in [4.69, 9.17) is 9.47 Å². The zero-order valence-corrected chi connectivity index (χ0v) is 12.2. The van der Waals surface area contributed by atoms with Crippen LogP contribution in [0, 0.1) is 0 Å². The summed E-state index contributed by atoms with van der Waals surface area (Å²) in [6.45, 7) is 0.